The first-order valence-corrected chi connectivity index (χ1v) is 7.50. The maximum absolute atomic E-state index is 12.3. The molecule has 1 aromatic heterocycles. The molecule has 0 aliphatic carbocycles. The predicted molar refractivity (Wildman–Crippen MR) is 93.2 cm³/mol. The molecule has 0 unspecified atom stereocenters. The lowest BCUT2D eigenvalue weighted by Gasteiger charge is -2.14. The minimum absolute atomic E-state index is 0.0234. The molecule has 0 spiro atoms. The van der Waals surface area contributed by atoms with E-state index in [1.165, 1.54) is 5.39 Å². The Kier molecular flexibility index (Phi) is 4.16. The van der Waals surface area contributed by atoms with Gasteiger partial charge in [0.2, 0.25) is 0 Å². The van der Waals surface area contributed by atoms with Crippen LogP contribution < -0.4 is 0 Å². The van der Waals surface area contributed by atoms with Gasteiger partial charge < -0.3 is 9.47 Å². The van der Waals surface area contributed by atoms with Crippen molar-refractivity contribution < 1.29 is 4.79 Å². The zero-order valence-electron chi connectivity index (χ0n) is 13.3. The van der Waals surface area contributed by atoms with Crippen molar-refractivity contribution >= 4 is 16.7 Å². The van der Waals surface area contributed by atoms with E-state index >= 15 is 0 Å². The molecule has 0 saturated carbocycles. The highest BCUT2D eigenvalue weighted by Gasteiger charge is 2.12. The van der Waals surface area contributed by atoms with Gasteiger partial charge >= 0.3 is 0 Å². The number of hydrogen-bond acceptors (Lipinski definition) is 1. The summed E-state index contributed by atoms with van der Waals surface area (Å²) in [5, 5.41) is 2.31. The molecule has 0 fully saturated rings. The summed E-state index contributed by atoms with van der Waals surface area (Å²) in [6.45, 7) is 0.396. The first-order chi connectivity index (χ1) is 11.2. The van der Waals surface area contributed by atoms with Crippen LogP contribution in [0.4, 0.5) is 0 Å². The van der Waals surface area contributed by atoms with E-state index in [-0.39, 0.29) is 5.91 Å². The molecule has 0 atom stereocenters. The highest BCUT2D eigenvalue weighted by atomic mass is 16.2. The Bertz CT molecular complexity index is 907. The fourth-order valence-corrected chi connectivity index (χ4v) is 2.54. The monoisotopic (exact) mass is 302 g/mol. The van der Waals surface area contributed by atoms with Gasteiger partial charge in [0.25, 0.3) is 5.91 Å². The van der Waals surface area contributed by atoms with Crippen LogP contribution in [0.5, 0.6) is 0 Å². The second kappa shape index (κ2) is 6.41. The molecule has 0 aliphatic rings. The molecule has 0 bridgehead atoms. The second-order valence-electron chi connectivity index (χ2n) is 5.49. The number of aryl methyl sites for hydroxylation is 1. The molecule has 3 rings (SSSR count). The number of amides is 1. The van der Waals surface area contributed by atoms with Gasteiger partial charge in [0.05, 0.1) is 6.54 Å². The minimum Gasteiger partial charge on any atom is -0.347 e. The van der Waals surface area contributed by atoms with Crippen LogP contribution in [-0.4, -0.2) is 29.0 Å². The molecule has 0 radical (unpaired) electrons. The number of fused-ring (bicyclic) bond motifs is 1. The summed E-state index contributed by atoms with van der Waals surface area (Å²) in [6, 6.07) is 17.9. The van der Waals surface area contributed by atoms with Crippen molar-refractivity contribution in [2.75, 3.05) is 13.6 Å². The lowest BCUT2D eigenvalue weighted by molar-refractivity contribution is 0.0803. The zero-order valence-corrected chi connectivity index (χ0v) is 13.3. The van der Waals surface area contributed by atoms with E-state index in [4.69, 9.17) is 0 Å². The van der Waals surface area contributed by atoms with Gasteiger partial charge in [-0.1, -0.05) is 48.2 Å². The molecule has 1 heterocycles. The van der Waals surface area contributed by atoms with E-state index in [2.05, 4.69) is 30.0 Å². The number of carbonyl (C=O) groups is 1. The average Bonchev–Trinajstić information content (AvgIpc) is 3.00. The number of benzene rings is 2. The highest BCUT2D eigenvalue weighted by molar-refractivity contribution is 5.92. The first-order valence-electron chi connectivity index (χ1n) is 7.50. The summed E-state index contributed by atoms with van der Waals surface area (Å²) in [5.74, 6) is 6.26. The largest absolute Gasteiger partial charge is 0.347 e. The van der Waals surface area contributed by atoms with Gasteiger partial charge in [0.15, 0.2) is 0 Å². The first kappa shape index (κ1) is 14.9. The van der Waals surface area contributed by atoms with Crippen molar-refractivity contribution in [3.05, 3.63) is 72.1 Å². The van der Waals surface area contributed by atoms with E-state index in [1.54, 1.807) is 11.9 Å². The van der Waals surface area contributed by atoms with E-state index < -0.39 is 0 Å². The molecule has 3 nitrogen and oxygen atoms in total. The van der Waals surface area contributed by atoms with Crippen LogP contribution in [0.1, 0.15) is 16.1 Å². The summed E-state index contributed by atoms with van der Waals surface area (Å²) < 4.78 is 1.82. The highest BCUT2D eigenvalue weighted by Crippen LogP contribution is 2.17. The second-order valence-corrected chi connectivity index (χ2v) is 5.49. The zero-order chi connectivity index (χ0) is 16.2. The van der Waals surface area contributed by atoms with Crippen LogP contribution in [0.25, 0.3) is 10.8 Å². The Morgan fingerprint density at radius 1 is 1.09 bits per heavy atom. The quantitative estimate of drug-likeness (QED) is 0.667. The van der Waals surface area contributed by atoms with Gasteiger partial charge in [-0.25, -0.2) is 0 Å². The lowest BCUT2D eigenvalue weighted by atomic mass is 10.1. The fraction of sp³-hybridized carbons (Fsp3) is 0.150. The van der Waals surface area contributed by atoms with Crippen LogP contribution in [0.2, 0.25) is 0 Å². The third kappa shape index (κ3) is 3.12. The average molecular weight is 302 g/mol. The molecule has 23 heavy (non-hydrogen) atoms. The van der Waals surface area contributed by atoms with Gasteiger partial charge in [-0.2, -0.15) is 0 Å². The summed E-state index contributed by atoms with van der Waals surface area (Å²) in [5.41, 5.74) is 1.65. The standard InChI is InChI=1S/C20H18N2O/c1-21-14-7-13-19(21)20(23)22(2)15-6-11-17-10-5-9-16-8-3-4-12-18(16)17/h3-5,7-10,12-14H,15H2,1-2H3. The molecule has 3 heteroatoms. The Balaban J connectivity index is 1.77. The fourth-order valence-electron chi connectivity index (χ4n) is 2.54. The van der Waals surface area contributed by atoms with Crippen molar-refractivity contribution in [1.29, 1.82) is 0 Å². The van der Waals surface area contributed by atoms with Crippen LogP contribution in [0.15, 0.2) is 60.8 Å². The van der Waals surface area contributed by atoms with E-state index in [0.717, 1.165) is 10.9 Å². The lowest BCUT2D eigenvalue weighted by Crippen LogP contribution is -2.28. The Labute approximate surface area is 136 Å². The number of rotatable bonds is 2. The summed E-state index contributed by atoms with van der Waals surface area (Å²) in [6.07, 6.45) is 1.86. The van der Waals surface area contributed by atoms with E-state index in [1.807, 2.05) is 54.2 Å². The van der Waals surface area contributed by atoms with Crippen molar-refractivity contribution in [3.8, 4) is 11.8 Å². The smallest absolute Gasteiger partial charge is 0.270 e. The maximum Gasteiger partial charge on any atom is 0.270 e. The summed E-state index contributed by atoms with van der Waals surface area (Å²) in [4.78, 5) is 14.0. The van der Waals surface area contributed by atoms with Gasteiger partial charge in [0, 0.05) is 25.9 Å². The van der Waals surface area contributed by atoms with Crippen molar-refractivity contribution in [2.45, 2.75) is 0 Å². The molecular weight excluding hydrogens is 284 g/mol. The number of nitrogens with zero attached hydrogens (tertiary/aromatic N) is 2. The van der Waals surface area contributed by atoms with Crippen LogP contribution >= 0.6 is 0 Å². The third-order valence-electron chi connectivity index (χ3n) is 3.84. The van der Waals surface area contributed by atoms with E-state index in [0.29, 0.717) is 12.2 Å². The number of aromatic nitrogens is 1. The summed E-state index contributed by atoms with van der Waals surface area (Å²) in [7, 11) is 3.63. The molecule has 114 valence electrons. The molecule has 2 aromatic carbocycles. The van der Waals surface area contributed by atoms with E-state index in [9.17, 15) is 4.79 Å². The van der Waals surface area contributed by atoms with Crippen molar-refractivity contribution in [2.24, 2.45) is 7.05 Å². The van der Waals surface area contributed by atoms with Crippen LogP contribution in [-0.2, 0) is 7.05 Å². The number of hydrogen-bond donors (Lipinski definition) is 0. The molecular formula is C20H18N2O. The number of carbonyl (C=O) groups excluding carboxylic acids is 1. The molecule has 0 aliphatic heterocycles. The third-order valence-corrected chi connectivity index (χ3v) is 3.84. The molecule has 3 aromatic rings. The van der Waals surface area contributed by atoms with Gasteiger partial charge in [-0.3, -0.25) is 4.79 Å². The van der Waals surface area contributed by atoms with Crippen molar-refractivity contribution in [3.63, 3.8) is 0 Å². The molecule has 0 saturated heterocycles. The van der Waals surface area contributed by atoms with Gasteiger partial charge in [-0.15, -0.1) is 0 Å². The Hall–Kier alpha value is -2.99. The minimum atomic E-state index is -0.0234. The Morgan fingerprint density at radius 3 is 2.65 bits per heavy atom. The molecule has 1 amide bonds. The maximum atomic E-state index is 12.3. The van der Waals surface area contributed by atoms with Crippen molar-refractivity contribution in [1.82, 2.24) is 9.47 Å². The van der Waals surface area contributed by atoms with Gasteiger partial charge in [-0.05, 0) is 29.0 Å². The van der Waals surface area contributed by atoms with Gasteiger partial charge in [0.1, 0.15) is 5.69 Å². The molecule has 0 N–H and O–H groups in total. The van der Waals surface area contributed by atoms with Crippen LogP contribution in [0, 0.1) is 11.8 Å². The SMILES string of the molecule is CN(CC#Cc1cccc2ccccc12)C(=O)c1cccn1C. The normalized spacial score (nSPS) is 10.2. The Morgan fingerprint density at radius 2 is 1.87 bits per heavy atom. The van der Waals surface area contributed by atoms with Crippen LogP contribution in [0.3, 0.4) is 0 Å². The summed E-state index contributed by atoms with van der Waals surface area (Å²) >= 11 is 0. The predicted octanol–water partition coefficient (Wildman–Crippen LogP) is 3.30. The topological polar surface area (TPSA) is 25.2 Å².